The highest BCUT2D eigenvalue weighted by atomic mass is 16.7. The number of nitrogens with zero attached hydrogens (tertiary/aromatic N) is 3. The zero-order valence-corrected chi connectivity index (χ0v) is 12.9. The summed E-state index contributed by atoms with van der Waals surface area (Å²) in [5, 5.41) is 15.6. The minimum atomic E-state index is -1.01. The largest absolute Gasteiger partial charge is 0.379 e. The van der Waals surface area contributed by atoms with Crippen LogP contribution in [-0.4, -0.2) is 30.8 Å². The van der Waals surface area contributed by atoms with E-state index >= 15 is 0 Å². The Balaban J connectivity index is 1.91. The van der Waals surface area contributed by atoms with Crippen molar-refractivity contribution in [2.75, 3.05) is 19.0 Å². The maximum absolute atomic E-state index is 11.6. The molecule has 6 nitrogen and oxygen atoms in total. The summed E-state index contributed by atoms with van der Waals surface area (Å²) in [5.74, 6) is 0. The molecular formula is C17H17N3O3. The van der Waals surface area contributed by atoms with Crippen LogP contribution in [0.25, 0.3) is 0 Å². The van der Waals surface area contributed by atoms with Gasteiger partial charge in [0.2, 0.25) is 6.10 Å². The second-order valence-corrected chi connectivity index (χ2v) is 5.58. The van der Waals surface area contributed by atoms with Gasteiger partial charge in [-0.25, -0.2) is 0 Å². The molecule has 2 atom stereocenters. The Hall–Kier alpha value is -2.89. The van der Waals surface area contributed by atoms with Crippen molar-refractivity contribution in [3.63, 3.8) is 0 Å². The van der Waals surface area contributed by atoms with Crippen LogP contribution in [0.4, 0.5) is 5.69 Å². The van der Waals surface area contributed by atoms with Crippen LogP contribution in [-0.2, 0) is 4.84 Å². The van der Waals surface area contributed by atoms with E-state index in [1.54, 1.807) is 12.1 Å². The van der Waals surface area contributed by atoms with Crippen molar-refractivity contribution < 1.29 is 9.76 Å². The van der Waals surface area contributed by atoms with Gasteiger partial charge in [0.15, 0.2) is 5.71 Å². The molecule has 0 N–H and O–H groups in total. The van der Waals surface area contributed by atoms with Gasteiger partial charge in [-0.2, -0.15) is 0 Å². The second kappa shape index (κ2) is 6.08. The Kier molecular flexibility index (Phi) is 3.97. The number of rotatable bonds is 4. The van der Waals surface area contributed by atoms with Crippen molar-refractivity contribution >= 4 is 11.4 Å². The van der Waals surface area contributed by atoms with E-state index in [-0.39, 0.29) is 4.92 Å². The topological polar surface area (TPSA) is 68.0 Å². The van der Waals surface area contributed by atoms with Crippen molar-refractivity contribution in [3.8, 4) is 0 Å². The van der Waals surface area contributed by atoms with Crippen LogP contribution in [0.15, 0.2) is 59.8 Å². The third kappa shape index (κ3) is 2.88. The SMILES string of the molecule is CN(C)c1ccc(C2ON=C(c3ccccc3)C2[N+](=O)[O-])cc1. The second-order valence-electron chi connectivity index (χ2n) is 5.58. The molecule has 23 heavy (non-hydrogen) atoms. The average Bonchev–Trinajstić information content (AvgIpc) is 3.01. The van der Waals surface area contributed by atoms with Gasteiger partial charge in [-0.15, -0.1) is 0 Å². The third-order valence-corrected chi connectivity index (χ3v) is 3.87. The maximum atomic E-state index is 11.6. The van der Waals surface area contributed by atoms with Crippen molar-refractivity contribution in [1.29, 1.82) is 0 Å². The molecule has 0 radical (unpaired) electrons. The van der Waals surface area contributed by atoms with E-state index in [0.29, 0.717) is 11.3 Å². The van der Waals surface area contributed by atoms with Crippen LogP contribution >= 0.6 is 0 Å². The van der Waals surface area contributed by atoms with Gasteiger partial charge in [0.25, 0.3) is 0 Å². The van der Waals surface area contributed by atoms with Gasteiger partial charge in [0.05, 0.1) is 0 Å². The van der Waals surface area contributed by atoms with Crippen LogP contribution < -0.4 is 4.90 Å². The molecule has 0 saturated heterocycles. The number of nitro groups is 1. The zero-order chi connectivity index (χ0) is 16.4. The van der Waals surface area contributed by atoms with Gasteiger partial charge in [0.1, 0.15) is 0 Å². The Morgan fingerprint density at radius 2 is 1.74 bits per heavy atom. The molecule has 2 unspecified atom stereocenters. The monoisotopic (exact) mass is 311 g/mol. The van der Waals surface area contributed by atoms with E-state index < -0.39 is 12.1 Å². The van der Waals surface area contributed by atoms with Crippen LogP contribution in [0.3, 0.4) is 0 Å². The van der Waals surface area contributed by atoms with Gasteiger partial charge < -0.3 is 9.74 Å². The fourth-order valence-electron chi connectivity index (χ4n) is 2.62. The van der Waals surface area contributed by atoms with Crippen LogP contribution in [0, 0.1) is 10.1 Å². The molecule has 3 rings (SSSR count). The summed E-state index contributed by atoms with van der Waals surface area (Å²) in [6, 6.07) is 15.6. The highest BCUT2D eigenvalue weighted by Gasteiger charge is 2.45. The minimum Gasteiger partial charge on any atom is -0.379 e. The first-order valence-electron chi connectivity index (χ1n) is 7.28. The molecule has 0 amide bonds. The number of benzene rings is 2. The van der Waals surface area contributed by atoms with Crippen LogP contribution in [0.2, 0.25) is 0 Å². The lowest BCUT2D eigenvalue weighted by atomic mass is 9.95. The third-order valence-electron chi connectivity index (χ3n) is 3.87. The molecule has 0 aromatic heterocycles. The first-order valence-corrected chi connectivity index (χ1v) is 7.28. The van der Waals surface area contributed by atoms with Crippen LogP contribution in [0.5, 0.6) is 0 Å². The average molecular weight is 311 g/mol. The fourth-order valence-corrected chi connectivity index (χ4v) is 2.62. The molecule has 1 heterocycles. The van der Waals surface area contributed by atoms with Gasteiger partial charge in [0, 0.05) is 35.8 Å². The Morgan fingerprint density at radius 1 is 1.09 bits per heavy atom. The van der Waals surface area contributed by atoms with Crippen molar-refractivity contribution in [1.82, 2.24) is 0 Å². The summed E-state index contributed by atoms with van der Waals surface area (Å²) in [6.07, 6.45) is -0.712. The first kappa shape index (κ1) is 15.0. The summed E-state index contributed by atoms with van der Waals surface area (Å²) in [5.41, 5.74) is 2.83. The normalized spacial score (nSPS) is 19.8. The molecule has 2 aromatic carbocycles. The van der Waals surface area contributed by atoms with E-state index in [0.717, 1.165) is 11.3 Å². The Labute approximate surface area is 134 Å². The lowest BCUT2D eigenvalue weighted by Gasteiger charge is -2.16. The predicted molar refractivity (Wildman–Crippen MR) is 88.4 cm³/mol. The van der Waals surface area contributed by atoms with E-state index in [9.17, 15) is 10.1 Å². The molecule has 0 aliphatic carbocycles. The molecule has 1 aliphatic rings. The van der Waals surface area contributed by atoms with Crippen molar-refractivity contribution in [3.05, 3.63) is 75.8 Å². The standard InChI is InChI=1S/C17H17N3O3/c1-19(2)14-10-8-13(9-11-14)17-16(20(21)22)15(18-23-17)12-6-4-3-5-7-12/h3-11,16-17H,1-2H3. The van der Waals surface area contributed by atoms with Gasteiger partial charge >= 0.3 is 6.04 Å². The summed E-state index contributed by atoms with van der Waals surface area (Å²) < 4.78 is 0. The number of anilines is 1. The quantitative estimate of drug-likeness (QED) is 0.643. The maximum Gasteiger partial charge on any atom is 0.301 e. The minimum absolute atomic E-state index is 0.330. The van der Waals surface area contributed by atoms with E-state index in [1.165, 1.54) is 0 Å². The van der Waals surface area contributed by atoms with E-state index in [2.05, 4.69) is 5.16 Å². The molecule has 0 bridgehead atoms. The van der Waals surface area contributed by atoms with Gasteiger partial charge in [-0.1, -0.05) is 47.6 Å². The van der Waals surface area contributed by atoms with Gasteiger partial charge in [-0.3, -0.25) is 10.1 Å². The first-order chi connectivity index (χ1) is 11.1. The Morgan fingerprint density at radius 3 is 2.30 bits per heavy atom. The van der Waals surface area contributed by atoms with Gasteiger partial charge in [-0.05, 0) is 12.1 Å². The summed E-state index contributed by atoms with van der Waals surface area (Å²) in [7, 11) is 3.88. The number of hydrogen-bond acceptors (Lipinski definition) is 5. The molecule has 0 spiro atoms. The zero-order valence-electron chi connectivity index (χ0n) is 12.9. The number of hydrogen-bond donors (Lipinski definition) is 0. The highest BCUT2D eigenvalue weighted by Crippen LogP contribution is 2.32. The van der Waals surface area contributed by atoms with Crippen LogP contribution in [0.1, 0.15) is 17.2 Å². The number of oxime groups is 1. The molecule has 6 heteroatoms. The molecule has 118 valence electrons. The lowest BCUT2D eigenvalue weighted by Crippen LogP contribution is -2.32. The van der Waals surface area contributed by atoms with Crippen molar-refractivity contribution in [2.45, 2.75) is 12.1 Å². The molecule has 0 fully saturated rings. The lowest BCUT2D eigenvalue weighted by molar-refractivity contribution is -0.512. The molecular weight excluding hydrogens is 294 g/mol. The Bertz CT molecular complexity index is 727. The van der Waals surface area contributed by atoms with E-state index in [4.69, 9.17) is 4.84 Å². The molecule has 0 saturated carbocycles. The summed E-state index contributed by atoms with van der Waals surface area (Å²) in [4.78, 5) is 18.6. The van der Waals surface area contributed by atoms with Crippen molar-refractivity contribution in [2.24, 2.45) is 5.16 Å². The van der Waals surface area contributed by atoms with E-state index in [1.807, 2.05) is 61.5 Å². The smallest absolute Gasteiger partial charge is 0.301 e. The predicted octanol–water partition coefficient (Wildman–Crippen LogP) is 2.87. The summed E-state index contributed by atoms with van der Waals surface area (Å²) >= 11 is 0. The highest BCUT2D eigenvalue weighted by molar-refractivity contribution is 6.04. The fraction of sp³-hybridized carbons (Fsp3) is 0.235. The molecule has 2 aromatic rings. The summed E-state index contributed by atoms with van der Waals surface area (Å²) in [6.45, 7) is 0. The molecule has 1 aliphatic heterocycles.